The summed E-state index contributed by atoms with van der Waals surface area (Å²) in [7, 11) is 1.46. The van der Waals surface area contributed by atoms with Crippen molar-refractivity contribution in [2.24, 2.45) is 5.10 Å². The number of aryl methyl sites for hydroxylation is 2. The highest BCUT2D eigenvalue weighted by molar-refractivity contribution is 6.32. The Labute approximate surface area is 264 Å². The van der Waals surface area contributed by atoms with Crippen molar-refractivity contribution in [3.05, 3.63) is 130 Å². The van der Waals surface area contributed by atoms with Gasteiger partial charge in [0, 0.05) is 17.1 Å². The third kappa shape index (κ3) is 7.54. The van der Waals surface area contributed by atoms with Crippen molar-refractivity contribution in [2.45, 2.75) is 27.1 Å². The molecule has 0 bridgehead atoms. The van der Waals surface area contributed by atoms with Crippen molar-refractivity contribution in [2.75, 3.05) is 7.11 Å². The molecule has 0 aliphatic heterocycles. The maximum absolute atomic E-state index is 12.6. The third-order valence-corrected chi connectivity index (χ3v) is 7.10. The van der Waals surface area contributed by atoms with Gasteiger partial charge in [-0.2, -0.15) is 5.10 Å². The quantitative estimate of drug-likeness (QED) is 0.113. The molecule has 5 rings (SSSR count). The van der Waals surface area contributed by atoms with E-state index in [0.29, 0.717) is 28.4 Å². The van der Waals surface area contributed by atoms with Crippen molar-refractivity contribution < 1.29 is 33.3 Å². The van der Waals surface area contributed by atoms with Crippen LogP contribution in [0.3, 0.4) is 0 Å². The topological polar surface area (TPSA) is 125 Å². The van der Waals surface area contributed by atoms with E-state index in [-0.39, 0.29) is 35.3 Å². The minimum Gasteiger partial charge on any atom is -0.493 e. The van der Waals surface area contributed by atoms with Gasteiger partial charge in [-0.3, -0.25) is 4.79 Å². The van der Waals surface area contributed by atoms with Gasteiger partial charge in [-0.15, -0.1) is 0 Å². The van der Waals surface area contributed by atoms with Gasteiger partial charge in [-0.05, 0) is 97.8 Å². The van der Waals surface area contributed by atoms with Crippen LogP contribution in [0.4, 0.5) is 0 Å². The number of carbonyl (C=O) groups is 2. The molecule has 0 unspecified atom stereocenters. The lowest BCUT2D eigenvalue weighted by molar-refractivity contribution is 0.0696. The number of hydrazone groups is 1. The maximum Gasteiger partial charge on any atom is 0.335 e. The molecular weight excluding hydrogens is 598 g/mol. The zero-order chi connectivity index (χ0) is 31.9. The number of methoxy groups -OCH3 is 1. The Morgan fingerprint density at radius 2 is 1.71 bits per heavy atom. The fourth-order valence-corrected chi connectivity index (χ4v) is 4.90. The number of carboxylic acid groups (broad SMARTS) is 1. The summed E-state index contributed by atoms with van der Waals surface area (Å²) in [5.74, 6) is 0.282. The Hall–Kier alpha value is -5.48. The van der Waals surface area contributed by atoms with Gasteiger partial charge >= 0.3 is 11.9 Å². The van der Waals surface area contributed by atoms with Crippen molar-refractivity contribution >= 4 is 29.7 Å². The molecule has 3 aromatic carbocycles. The highest BCUT2D eigenvalue weighted by Crippen LogP contribution is 2.36. The summed E-state index contributed by atoms with van der Waals surface area (Å²) in [6.07, 6.45) is 1.40. The summed E-state index contributed by atoms with van der Waals surface area (Å²) in [6.45, 7) is 4.35. The van der Waals surface area contributed by atoms with E-state index in [1.807, 2.05) is 24.3 Å². The molecule has 11 heteroatoms. The molecule has 230 valence electrons. The van der Waals surface area contributed by atoms with E-state index in [4.69, 9.17) is 30.2 Å². The number of carbonyl (C=O) groups excluding carboxylic acids is 1. The lowest BCUT2D eigenvalue weighted by Gasteiger charge is -2.13. The summed E-state index contributed by atoms with van der Waals surface area (Å²) < 4.78 is 24.9. The average Bonchev–Trinajstić information content (AvgIpc) is 3.65. The molecule has 2 heterocycles. The molecule has 0 saturated carbocycles. The van der Waals surface area contributed by atoms with E-state index in [1.165, 1.54) is 25.5 Å². The molecule has 45 heavy (non-hydrogen) atoms. The first-order chi connectivity index (χ1) is 21.7. The summed E-state index contributed by atoms with van der Waals surface area (Å²) in [5.41, 5.74) is 7.12. The summed E-state index contributed by atoms with van der Waals surface area (Å²) in [5, 5.41) is 13.4. The van der Waals surface area contributed by atoms with Gasteiger partial charge in [0.15, 0.2) is 17.3 Å². The average molecular weight is 628 g/mol. The lowest BCUT2D eigenvalue weighted by Crippen LogP contribution is -2.16. The Balaban J connectivity index is 1.15. The Bertz CT molecular complexity index is 1840. The normalized spacial score (nSPS) is 11.0. The third-order valence-electron chi connectivity index (χ3n) is 6.82. The van der Waals surface area contributed by atoms with Crippen molar-refractivity contribution in [1.82, 2.24) is 9.99 Å². The van der Waals surface area contributed by atoms with Gasteiger partial charge in [0.1, 0.15) is 24.7 Å². The van der Waals surface area contributed by atoms with Crippen LogP contribution in [0.1, 0.15) is 49.2 Å². The number of furan rings is 1. The van der Waals surface area contributed by atoms with Gasteiger partial charge in [0.2, 0.25) is 0 Å². The predicted octanol–water partition coefficient (Wildman–Crippen LogP) is 6.97. The van der Waals surface area contributed by atoms with E-state index in [9.17, 15) is 14.7 Å². The smallest absolute Gasteiger partial charge is 0.335 e. The fraction of sp³-hybridized carbons (Fsp3) is 0.147. The molecule has 0 aliphatic carbocycles. The van der Waals surface area contributed by atoms with Gasteiger partial charge in [-0.1, -0.05) is 23.7 Å². The Morgan fingerprint density at radius 1 is 0.956 bits per heavy atom. The number of nitrogens with zero attached hydrogens (tertiary/aromatic N) is 2. The highest BCUT2D eigenvalue weighted by Gasteiger charge is 2.14. The Kier molecular flexibility index (Phi) is 9.54. The number of hydrogen-bond donors (Lipinski definition) is 2. The van der Waals surface area contributed by atoms with Gasteiger partial charge in [-0.25, -0.2) is 10.2 Å². The minimum absolute atomic E-state index is 0.0750. The molecule has 0 spiro atoms. The monoisotopic (exact) mass is 627 g/mol. The first kappa shape index (κ1) is 31.0. The number of carboxylic acids is 1. The van der Waals surface area contributed by atoms with Crippen LogP contribution in [0, 0.1) is 13.8 Å². The molecule has 0 aliphatic rings. The van der Waals surface area contributed by atoms with Gasteiger partial charge in [0.25, 0.3) is 0 Å². The van der Waals surface area contributed by atoms with Gasteiger partial charge in [0.05, 0.1) is 23.9 Å². The number of rotatable bonds is 12. The second-order valence-corrected chi connectivity index (χ2v) is 10.4. The van der Waals surface area contributed by atoms with Crippen LogP contribution >= 0.6 is 11.6 Å². The zero-order valence-corrected chi connectivity index (χ0v) is 25.5. The van der Waals surface area contributed by atoms with Crippen molar-refractivity contribution in [1.29, 1.82) is 0 Å². The van der Waals surface area contributed by atoms with Crippen LogP contribution < -0.4 is 19.6 Å². The molecule has 10 nitrogen and oxygen atoms in total. The van der Waals surface area contributed by atoms with Crippen LogP contribution in [-0.4, -0.2) is 34.9 Å². The number of hydrogen-bond acceptors (Lipinski definition) is 7. The number of halogens is 1. The fourth-order valence-electron chi connectivity index (χ4n) is 4.62. The predicted molar refractivity (Wildman–Crippen MR) is 169 cm³/mol. The highest BCUT2D eigenvalue weighted by atomic mass is 35.5. The summed E-state index contributed by atoms with van der Waals surface area (Å²) in [4.78, 5) is 23.8. The number of benzene rings is 3. The lowest BCUT2D eigenvalue weighted by atomic mass is 10.1. The molecule has 0 atom stereocenters. The van der Waals surface area contributed by atoms with E-state index in [0.717, 1.165) is 17.1 Å². The van der Waals surface area contributed by atoms with Crippen LogP contribution in [0.2, 0.25) is 5.02 Å². The van der Waals surface area contributed by atoms with Crippen molar-refractivity contribution in [3.8, 4) is 22.9 Å². The minimum atomic E-state index is -1.03. The standard InChI is InChI=1S/C34H30ClN3O7/c1-21-7-8-22(2)38(21)26-9-11-27(12-10-26)43-20-28-13-14-30(45-28)33(39)37-36-18-24-16-29(35)32(31(17-24)42-3)44-19-23-5-4-6-25(15-23)34(40)41/h4-18H,19-20H2,1-3H3,(H,37,39)(H,40,41)/b36-18+. The van der Waals surface area contributed by atoms with Crippen LogP contribution in [0.25, 0.3) is 5.69 Å². The molecule has 1 amide bonds. The van der Waals surface area contributed by atoms with E-state index >= 15 is 0 Å². The Morgan fingerprint density at radius 3 is 2.42 bits per heavy atom. The molecule has 2 aromatic heterocycles. The van der Waals surface area contributed by atoms with Crippen LogP contribution in [0.5, 0.6) is 17.2 Å². The molecule has 2 N–H and O–H groups in total. The summed E-state index contributed by atoms with van der Waals surface area (Å²) >= 11 is 6.44. The number of amides is 1. The number of aromatic carboxylic acids is 1. The van der Waals surface area contributed by atoms with Gasteiger partial charge < -0.3 is 28.3 Å². The zero-order valence-electron chi connectivity index (χ0n) is 24.7. The van der Waals surface area contributed by atoms with Crippen molar-refractivity contribution in [3.63, 3.8) is 0 Å². The van der Waals surface area contributed by atoms with Crippen LogP contribution in [-0.2, 0) is 13.2 Å². The number of aromatic nitrogens is 1. The van der Waals surface area contributed by atoms with E-state index in [2.05, 4.69) is 41.1 Å². The van der Waals surface area contributed by atoms with Crippen LogP contribution in [0.15, 0.2) is 94.4 Å². The molecule has 0 fully saturated rings. The molecule has 0 radical (unpaired) electrons. The SMILES string of the molecule is COc1cc(/C=N/NC(=O)c2ccc(COc3ccc(-n4c(C)ccc4C)cc3)o2)cc(Cl)c1OCc1cccc(C(=O)O)c1. The van der Waals surface area contributed by atoms with E-state index < -0.39 is 11.9 Å². The second-order valence-electron chi connectivity index (χ2n) is 10.0. The largest absolute Gasteiger partial charge is 0.493 e. The first-order valence-corrected chi connectivity index (χ1v) is 14.2. The second kappa shape index (κ2) is 13.9. The van der Waals surface area contributed by atoms with E-state index in [1.54, 1.807) is 36.4 Å². The first-order valence-electron chi connectivity index (χ1n) is 13.8. The summed E-state index contributed by atoms with van der Waals surface area (Å²) in [6, 6.07) is 24.8. The molecular formula is C34H30ClN3O7. The number of nitrogens with one attached hydrogen (secondary N) is 1. The molecule has 0 saturated heterocycles. The molecule has 5 aromatic rings. The number of ether oxygens (including phenoxy) is 3. The maximum atomic E-state index is 12.6.